The Morgan fingerprint density at radius 2 is 1.38 bits per heavy atom. The molecule has 3 nitrogen and oxygen atoms in total. The van der Waals surface area contributed by atoms with Crippen molar-refractivity contribution in [1.29, 1.82) is 0 Å². The minimum atomic E-state index is -1.72. The summed E-state index contributed by atoms with van der Waals surface area (Å²) in [5.41, 5.74) is 14.3. The number of aliphatic imine (C=N–C) groups is 1. The Kier molecular flexibility index (Phi) is 10.5. The molecule has 3 heterocycles. The number of hydrogen-bond acceptors (Lipinski definition) is 3. The Morgan fingerprint density at radius 1 is 0.660 bits per heavy atom. The predicted octanol–water partition coefficient (Wildman–Crippen LogP) is 12.0. The quantitative estimate of drug-likeness (QED) is 0.127. The number of nitrogens with zero attached hydrogens (tertiary/aromatic N) is 2. The van der Waals surface area contributed by atoms with Crippen molar-refractivity contribution < 1.29 is 24.5 Å². The van der Waals surface area contributed by atoms with E-state index in [-0.39, 0.29) is 26.0 Å². The van der Waals surface area contributed by atoms with Gasteiger partial charge in [0.2, 0.25) is 0 Å². The summed E-state index contributed by atoms with van der Waals surface area (Å²) in [6, 6.07) is 55.0. The van der Waals surface area contributed by atoms with Crippen molar-refractivity contribution in [2.45, 2.75) is 37.0 Å². The first kappa shape index (κ1) is 36.5. The average molecular weight is 926 g/mol. The summed E-state index contributed by atoms with van der Waals surface area (Å²) in [7, 11) is 0. The molecule has 0 aliphatic carbocycles. The van der Waals surface area contributed by atoms with Gasteiger partial charge in [-0.2, -0.15) is 0 Å². The van der Waals surface area contributed by atoms with Gasteiger partial charge < -0.3 is 4.42 Å². The van der Waals surface area contributed by atoms with E-state index < -0.39 is 13.3 Å². The second-order valence-electron chi connectivity index (χ2n) is 14.5. The zero-order valence-corrected chi connectivity index (χ0v) is 35.1. The molecule has 0 spiro atoms. The fourth-order valence-corrected chi connectivity index (χ4v) is 9.50. The molecule has 0 amide bonds. The summed E-state index contributed by atoms with van der Waals surface area (Å²) in [5, 5.41) is 2.22. The first-order valence-corrected chi connectivity index (χ1v) is 25.2. The van der Waals surface area contributed by atoms with Crippen molar-refractivity contribution >= 4 is 51.0 Å². The number of benzene rings is 6. The molecule has 1 radical (unpaired) electrons. The van der Waals surface area contributed by atoms with Crippen molar-refractivity contribution in [2.75, 3.05) is 0 Å². The van der Waals surface area contributed by atoms with Gasteiger partial charge in [-0.1, -0.05) is 89.8 Å². The minimum absolute atomic E-state index is 0. The van der Waals surface area contributed by atoms with Gasteiger partial charge in [0.25, 0.3) is 0 Å². The van der Waals surface area contributed by atoms with E-state index >= 15 is 0 Å². The van der Waals surface area contributed by atoms with E-state index in [9.17, 15) is 0 Å². The smallest absolute Gasteiger partial charge is 0 e. The van der Waals surface area contributed by atoms with Gasteiger partial charge in [-0.25, -0.2) is 0 Å². The summed E-state index contributed by atoms with van der Waals surface area (Å²) in [6.45, 7) is 4.44. The Morgan fingerprint density at radius 3 is 2.09 bits per heavy atom. The van der Waals surface area contributed by atoms with Gasteiger partial charge >= 0.3 is 99.8 Å². The zero-order valence-electron chi connectivity index (χ0n) is 30.6. The van der Waals surface area contributed by atoms with Crippen molar-refractivity contribution in [3.05, 3.63) is 186 Å². The average Bonchev–Trinajstić information content (AvgIpc) is 3.74. The summed E-state index contributed by atoms with van der Waals surface area (Å²) in [6.07, 6.45) is 2.04. The molecule has 6 aromatic carbocycles. The maximum Gasteiger partial charge on any atom is 0 e. The molecule has 0 N–H and O–H groups in total. The number of fused-ring (bicyclic) bond motifs is 4. The van der Waals surface area contributed by atoms with Crippen LogP contribution >= 0.6 is 0 Å². The van der Waals surface area contributed by atoms with Gasteiger partial charge in [0.15, 0.2) is 0 Å². The second-order valence-corrected chi connectivity index (χ2v) is 25.2. The second kappa shape index (κ2) is 15.2. The van der Waals surface area contributed by atoms with Crippen molar-refractivity contribution in [3.8, 4) is 22.4 Å². The summed E-state index contributed by atoms with van der Waals surface area (Å²) in [4.78, 5) is 9.72. The topological polar surface area (TPSA) is 38.4 Å². The number of aryl methyl sites for hydroxylation is 2. The summed E-state index contributed by atoms with van der Waals surface area (Å²) >= 11 is -1.72. The zero-order chi connectivity index (χ0) is 35.8. The molecule has 0 fully saturated rings. The number of furan rings is 1. The van der Waals surface area contributed by atoms with Crippen LogP contribution in [0.4, 0.5) is 5.69 Å². The fourth-order valence-electron chi connectivity index (χ4n) is 7.33. The Balaban J connectivity index is 0.000000216. The van der Waals surface area contributed by atoms with Crippen LogP contribution in [0.1, 0.15) is 33.7 Å². The van der Waals surface area contributed by atoms with Crippen LogP contribution in [0, 0.1) is 26.0 Å². The van der Waals surface area contributed by atoms with Crippen LogP contribution < -0.4 is 4.40 Å². The number of aromatic nitrogens is 1. The normalized spacial score (nSPS) is 13.5. The molecule has 8 aromatic rings. The predicted molar refractivity (Wildman–Crippen MR) is 220 cm³/mol. The van der Waals surface area contributed by atoms with Gasteiger partial charge in [-0.3, -0.25) is 4.99 Å². The van der Waals surface area contributed by atoms with Crippen molar-refractivity contribution in [3.63, 3.8) is 0 Å². The molecule has 0 bridgehead atoms. The minimum Gasteiger partial charge on any atom is 0 e. The molecular formula is C48H40GeIrN2O-2. The van der Waals surface area contributed by atoms with Crippen LogP contribution in [0.2, 0.25) is 17.3 Å². The third-order valence-electron chi connectivity index (χ3n) is 9.96. The molecule has 0 saturated carbocycles. The number of para-hydroxylation sites is 2. The van der Waals surface area contributed by atoms with Crippen LogP contribution in [-0.4, -0.2) is 24.0 Å². The molecule has 1 atom stereocenters. The molecule has 1 unspecified atom stereocenters. The van der Waals surface area contributed by atoms with Gasteiger partial charge in [0.1, 0.15) is 5.58 Å². The van der Waals surface area contributed by atoms with Crippen LogP contribution in [0.15, 0.2) is 155 Å². The molecule has 263 valence electrons. The SMILES string of the molecule is Cc1cc(-c2ccccc2)cc(C)c1C1C(c2[c-]ccc3c2oc2ccccc23)=Nc2ccccc21.[CH3][Ge]([CH3])([CH3])[c]1ccc(-c2[c-]cccc2)nc1.[Ir]. The fraction of sp³-hybridized carbons (Fsp3) is 0.125. The van der Waals surface area contributed by atoms with Gasteiger partial charge in [-0.05, 0) is 65.1 Å². The summed E-state index contributed by atoms with van der Waals surface area (Å²) in [5.74, 6) is 7.16. The monoisotopic (exact) mass is 927 g/mol. The van der Waals surface area contributed by atoms with Crippen molar-refractivity contribution in [2.24, 2.45) is 4.99 Å². The van der Waals surface area contributed by atoms with E-state index in [4.69, 9.17) is 9.41 Å². The molecule has 1 aliphatic rings. The van der Waals surface area contributed by atoms with Crippen LogP contribution in [0.3, 0.4) is 0 Å². The summed E-state index contributed by atoms with van der Waals surface area (Å²) < 4.78 is 7.85. The van der Waals surface area contributed by atoms with E-state index in [2.05, 4.69) is 145 Å². The number of pyridine rings is 1. The molecule has 5 heteroatoms. The van der Waals surface area contributed by atoms with Crippen LogP contribution in [-0.2, 0) is 20.1 Å². The van der Waals surface area contributed by atoms with E-state index in [0.29, 0.717) is 0 Å². The van der Waals surface area contributed by atoms with E-state index in [0.717, 1.165) is 50.2 Å². The standard InChI is InChI=1S/C34H24NO.C14H16GeN.Ir/c1-21-19-24(23-11-4-3-5-12-23)20-22(2)31(21)32-27-14-6-8-17-29(27)35-33(32)28-16-10-15-26-25-13-7-9-18-30(25)36-34(26)28;1-15(2,3)13-9-10-14(16-11-13)12-7-5-4-6-8-12;/h3-15,17-20,32H,1-2H3;4-7,9-11H,1-3H3;/q2*-1;. The number of rotatable bonds is 5. The molecule has 9 rings (SSSR count). The molecule has 53 heavy (non-hydrogen) atoms. The first-order chi connectivity index (χ1) is 25.3. The maximum atomic E-state index is 6.40. The molecule has 1 aliphatic heterocycles. The van der Waals surface area contributed by atoms with Gasteiger partial charge in [-0.15, -0.1) is 18.2 Å². The molecule has 2 aromatic heterocycles. The van der Waals surface area contributed by atoms with Gasteiger partial charge in [0, 0.05) is 31.4 Å². The Bertz CT molecular complexity index is 2550. The third-order valence-corrected chi connectivity index (χ3v) is 14.2. The van der Waals surface area contributed by atoms with E-state index in [1.807, 2.05) is 48.7 Å². The van der Waals surface area contributed by atoms with Crippen LogP contribution in [0.25, 0.3) is 44.3 Å². The van der Waals surface area contributed by atoms with E-state index in [1.54, 1.807) is 0 Å². The van der Waals surface area contributed by atoms with Crippen LogP contribution in [0.5, 0.6) is 0 Å². The number of hydrogen-bond donors (Lipinski definition) is 0. The maximum absolute atomic E-state index is 6.40. The molecule has 0 saturated heterocycles. The molecular weight excluding hydrogens is 885 g/mol. The third kappa shape index (κ3) is 7.24. The first-order valence-electron chi connectivity index (χ1n) is 17.9. The largest absolute Gasteiger partial charge is 0 e. The van der Waals surface area contributed by atoms with Crippen molar-refractivity contribution in [1.82, 2.24) is 4.98 Å². The Labute approximate surface area is 328 Å². The van der Waals surface area contributed by atoms with Gasteiger partial charge in [0.05, 0.1) is 11.3 Å². The Hall–Kier alpha value is -4.87. The van der Waals surface area contributed by atoms with E-state index in [1.165, 1.54) is 37.8 Å².